The van der Waals surface area contributed by atoms with Crippen LogP contribution in [-0.2, 0) is 13.6 Å². The van der Waals surface area contributed by atoms with Crippen molar-refractivity contribution in [1.82, 2.24) is 25.1 Å². The van der Waals surface area contributed by atoms with Gasteiger partial charge < -0.3 is 14.0 Å². The van der Waals surface area contributed by atoms with Crippen LogP contribution in [0.5, 0.6) is 11.5 Å². The highest BCUT2D eigenvalue weighted by Gasteiger charge is 2.20. The SMILES string of the molecule is COc1cc(OC)cc([C@H](NCc2cn[nH]c2C)c2nccn2C)c1. The molecule has 2 aromatic heterocycles. The number of aromatic amines is 1. The zero-order valence-electron chi connectivity index (χ0n) is 14.9. The molecule has 0 saturated carbocycles. The number of hydrogen-bond acceptors (Lipinski definition) is 5. The average Bonchev–Trinajstić information content (AvgIpc) is 3.23. The number of benzene rings is 1. The molecule has 7 heteroatoms. The van der Waals surface area contributed by atoms with Crippen LogP contribution in [0, 0.1) is 6.92 Å². The van der Waals surface area contributed by atoms with Gasteiger partial charge in [-0.25, -0.2) is 4.98 Å². The number of ether oxygens (including phenoxy) is 2. The molecule has 7 nitrogen and oxygen atoms in total. The predicted molar refractivity (Wildman–Crippen MR) is 94.8 cm³/mol. The number of imidazole rings is 1. The molecule has 0 radical (unpaired) electrons. The smallest absolute Gasteiger partial charge is 0.130 e. The summed E-state index contributed by atoms with van der Waals surface area (Å²) in [6, 6.07) is 5.74. The maximum atomic E-state index is 5.41. The Morgan fingerprint density at radius 3 is 2.44 bits per heavy atom. The van der Waals surface area contributed by atoms with Crippen LogP contribution >= 0.6 is 0 Å². The molecule has 0 spiro atoms. The van der Waals surface area contributed by atoms with E-state index in [2.05, 4.69) is 20.5 Å². The Bertz CT molecular complexity index is 817. The molecule has 132 valence electrons. The van der Waals surface area contributed by atoms with E-state index in [1.165, 1.54) is 0 Å². The van der Waals surface area contributed by atoms with Crippen molar-refractivity contribution >= 4 is 0 Å². The normalized spacial score (nSPS) is 12.2. The highest BCUT2D eigenvalue weighted by molar-refractivity contribution is 5.41. The van der Waals surface area contributed by atoms with Gasteiger partial charge in [0.15, 0.2) is 0 Å². The average molecular weight is 341 g/mol. The molecular weight excluding hydrogens is 318 g/mol. The first-order chi connectivity index (χ1) is 12.1. The minimum Gasteiger partial charge on any atom is -0.497 e. The van der Waals surface area contributed by atoms with Gasteiger partial charge in [-0.15, -0.1) is 0 Å². The van der Waals surface area contributed by atoms with Crippen LogP contribution in [0.1, 0.15) is 28.7 Å². The Balaban J connectivity index is 1.96. The zero-order valence-corrected chi connectivity index (χ0v) is 14.9. The van der Waals surface area contributed by atoms with E-state index in [-0.39, 0.29) is 6.04 Å². The van der Waals surface area contributed by atoms with Gasteiger partial charge in [-0.1, -0.05) is 0 Å². The summed E-state index contributed by atoms with van der Waals surface area (Å²) in [6.07, 6.45) is 5.57. The summed E-state index contributed by atoms with van der Waals surface area (Å²) < 4.78 is 12.8. The highest BCUT2D eigenvalue weighted by Crippen LogP contribution is 2.29. The molecule has 3 rings (SSSR count). The summed E-state index contributed by atoms with van der Waals surface area (Å²) in [5.41, 5.74) is 3.19. The van der Waals surface area contributed by atoms with E-state index in [4.69, 9.17) is 9.47 Å². The molecule has 2 heterocycles. The quantitative estimate of drug-likeness (QED) is 0.690. The summed E-state index contributed by atoms with van der Waals surface area (Å²) in [5, 5.41) is 10.6. The fourth-order valence-corrected chi connectivity index (χ4v) is 2.78. The minimum absolute atomic E-state index is 0.113. The Hall–Kier alpha value is -2.80. The first kappa shape index (κ1) is 17.0. The fraction of sp³-hybridized carbons (Fsp3) is 0.333. The number of nitrogens with one attached hydrogen (secondary N) is 2. The lowest BCUT2D eigenvalue weighted by molar-refractivity contribution is 0.392. The number of H-pyrrole nitrogens is 1. The summed E-state index contributed by atoms with van der Waals surface area (Å²) in [5.74, 6) is 2.40. The molecule has 0 unspecified atom stereocenters. The third kappa shape index (κ3) is 3.66. The molecule has 0 aliphatic rings. The molecule has 25 heavy (non-hydrogen) atoms. The maximum Gasteiger partial charge on any atom is 0.130 e. The first-order valence-electron chi connectivity index (χ1n) is 8.04. The summed E-state index contributed by atoms with van der Waals surface area (Å²) >= 11 is 0. The molecule has 0 amide bonds. The minimum atomic E-state index is -0.113. The van der Waals surface area contributed by atoms with E-state index >= 15 is 0 Å². The monoisotopic (exact) mass is 341 g/mol. The Kier molecular flexibility index (Phi) is 5.04. The lowest BCUT2D eigenvalue weighted by Crippen LogP contribution is -2.25. The van der Waals surface area contributed by atoms with Gasteiger partial charge in [0.25, 0.3) is 0 Å². The lowest BCUT2D eigenvalue weighted by Gasteiger charge is -2.20. The van der Waals surface area contributed by atoms with Crippen LogP contribution in [0.2, 0.25) is 0 Å². The van der Waals surface area contributed by atoms with Crippen LogP contribution in [-0.4, -0.2) is 34.0 Å². The van der Waals surface area contributed by atoms with Crippen LogP contribution in [0.3, 0.4) is 0 Å². The number of rotatable bonds is 7. The van der Waals surface area contributed by atoms with Crippen molar-refractivity contribution in [3.63, 3.8) is 0 Å². The second-order valence-electron chi connectivity index (χ2n) is 5.88. The second kappa shape index (κ2) is 7.40. The topological polar surface area (TPSA) is 77.0 Å². The third-order valence-electron chi connectivity index (χ3n) is 4.25. The van der Waals surface area contributed by atoms with Crippen molar-refractivity contribution in [3.8, 4) is 11.5 Å². The maximum absolute atomic E-state index is 5.41. The van der Waals surface area contributed by atoms with Crippen molar-refractivity contribution in [2.45, 2.75) is 19.5 Å². The van der Waals surface area contributed by atoms with Crippen molar-refractivity contribution in [1.29, 1.82) is 0 Å². The number of hydrogen-bond donors (Lipinski definition) is 2. The Morgan fingerprint density at radius 2 is 1.92 bits per heavy atom. The van der Waals surface area contributed by atoms with Gasteiger partial charge in [0.1, 0.15) is 17.3 Å². The van der Waals surface area contributed by atoms with Gasteiger partial charge in [0, 0.05) is 43.3 Å². The second-order valence-corrected chi connectivity index (χ2v) is 5.88. The molecule has 1 aromatic carbocycles. The molecule has 0 fully saturated rings. The van der Waals surface area contributed by atoms with Gasteiger partial charge >= 0.3 is 0 Å². The Morgan fingerprint density at radius 1 is 1.20 bits per heavy atom. The van der Waals surface area contributed by atoms with E-state index in [9.17, 15) is 0 Å². The molecule has 0 bridgehead atoms. The van der Waals surface area contributed by atoms with Crippen molar-refractivity contribution in [3.05, 3.63) is 59.4 Å². The van der Waals surface area contributed by atoms with Crippen LogP contribution < -0.4 is 14.8 Å². The standard InChI is InChI=1S/C18H23N5O2/c1-12-14(11-21-22-12)10-20-17(18-19-5-6-23(18)2)13-7-15(24-3)9-16(8-13)25-4/h5-9,11,17,20H,10H2,1-4H3,(H,21,22)/t17-/m0/s1. The van der Waals surface area contributed by atoms with E-state index in [1.54, 1.807) is 20.4 Å². The van der Waals surface area contributed by atoms with Crippen LogP contribution in [0.15, 0.2) is 36.8 Å². The van der Waals surface area contributed by atoms with Crippen molar-refractivity contribution in [2.24, 2.45) is 7.05 Å². The van der Waals surface area contributed by atoms with Gasteiger partial charge in [0.2, 0.25) is 0 Å². The third-order valence-corrected chi connectivity index (χ3v) is 4.25. The molecule has 3 aromatic rings. The number of methoxy groups -OCH3 is 2. The van der Waals surface area contributed by atoms with E-state index in [0.29, 0.717) is 6.54 Å². The van der Waals surface area contributed by atoms with Crippen molar-refractivity contribution in [2.75, 3.05) is 14.2 Å². The number of nitrogens with zero attached hydrogens (tertiary/aromatic N) is 3. The summed E-state index contributed by atoms with van der Waals surface area (Å²) in [6.45, 7) is 2.67. The van der Waals surface area contributed by atoms with E-state index in [1.807, 2.05) is 49.1 Å². The summed E-state index contributed by atoms with van der Waals surface area (Å²) in [7, 11) is 5.28. The first-order valence-corrected chi connectivity index (χ1v) is 8.04. The van der Waals surface area contributed by atoms with Crippen molar-refractivity contribution < 1.29 is 9.47 Å². The van der Waals surface area contributed by atoms with Crippen LogP contribution in [0.25, 0.3) is 0 Å². The molecule has 0 saturated heterocycles. The molecule has 0 aliphatic heterocycles. The Labute approximate surface area is 147 Å². The fourth-order valence-electron chi connectivity index (χ4n) is 2.78. The lowest BCUT2D eigenvalue weighted by atomic mass is 10.0. The van der Waals surface area contributed by atoms with Gasteiger partial charge in [-0.3, -0.25) is 10.4 Å². The van der Waals surface area contributed by atoms with E-state index < -0.39 is 0 Å². The van der Waals surface area contributed by atoms with Gasteiger partial charge in [-0.05, 0) is 24.6 Å². The van der Waals surface area contributed by atoms with Crippen LogP contribution in [0.4, 0.5) is 0 Å². The molecule has 2 N–H and O–H groups in total. The van der Waals surface area contributed by atoms with Gasteiger partial charge in [-0.2, -0.15) is 5.10 Å². The largest absolute Gasteiger partial charge is 0.497 e. The molecular formula is C18H23N5O2. The number of aryl methyl sites for hydroxylation is 2. The van der Waals surface area contributed by atoms with Gasteiger partial charge in [0.05, 0.1) is 26.5 Å². The molecule has 1 atom stereocenters. The summed E-state index contributed by atoms with van der Waals surface area (Å²) in [4.78, 5) is 4.52. The van der Waals surface area contributed by atoms with E-state index in [0.717, 1.165) is 34.1 Å². The highest BCUT2D eigenvalue weighted by atomic mass is 16.5. The predicted octanol–water partition coefficient (Wildman–Crippen LogP) is 2.35. The zero-order chi connectivity index (χ0) is 17.8. The molecule has 0 aliphatic carbocycles. The number of aromatic nitrogens is 4.